The summed E-state index contributed by atoms with van der Waals surface area (Å²) < 4.78 is 14.2. The maximum atomic E-state index is 13.6. The lowest BCUT2D eigenvalue weighted by molar-refractivity contribution is 0.623. The van der Waals surface area contributed by atoms with Crippen molar-refractivity contribution in [2.45, 2.75) is 19.9 Å². The van der Waals surface area contributed by atoms with Gasteiger partial charge in [-0.2, -0.15) is 0 Å². The van der Waals surface area contributed by atoms with Crippen molar-refractivity contribution in [1.82, 2.24) is 9.97 Å². The van der Waals surface area contributed by atoms with Crippen molar-refractivity contribution in [2.24, 2.45) is 0 Å². The number of nitrogens with zero attached hydrogens (tertiary/aromatic N) is 2. The standard InChI is InChI=1S/C13H13BrFN3/c1-2-9-4-3-5-16-12(9)8-18-13-11(15)6-10(14)7-17-13/h3-7H,2,8H2,1H3,(H,17,18). The van der Waals surface area contributed by atoms with E-state index in [0.717, 1.165) is 17.7 Å². The van der Waals surface area contributed by atoms with E-state index in [1.54, 1.807) is 12.4 Å². The zero-order chi connectivity index (χ0) is 13.0. The molecule has 5 heteroatoms. The van der Waals surface area contributed by atoms with Gasteiger partial charge in [0.2, 0.25) is 0 Å². The Morgan fingerprint density at radius 1 is 1.39 bits per heavy atom. The Morgan fingerprint density at radius 2 is 2.22 bits per heavy atom. The molecule has 0 amide bonds. The van der Waals surface area contributed by atoms with E-state index in [-0.39, 0.29) is 11.6 Å². The van der Waals surface area contributed by atoms with Crippen molar-refractivity contribution in [1.29, 1.82) is 0 Å². The van der Waals surface area contributed by atoms with Gasteiger partial charge in [0, 0.05) is 16.9 Å². The van der Waals surface area contributed by atoms with Crippen molar-refractivity contribution in [2.75, 3.05) is 5.32 Å². The number of hydrogen-bond acceptors (Lipinski definition) is 3. The van der Waals surface area contributed by atoms with Crippen LogP contribution in [-0.2, 0) is 13.0 Å². The predicted molar refractivity (Wildman–Crippen MR) is 72.8 cm³/mol. The van der Waals surface area contributed by atoms with Gasteiger partial charge in [-0.05, 0) is 40.0 Å². The van der Waals surface area contributed by atoms with E-state index in [2.05, 4.69) is 38.1 Å². The summed E-state index contributed by atoms with van der Waals surface area (Å²) in [4.78, 5) is 8.28. The van der Waals surface area contributed by atoms with E-state index in [9.17, 15) is 4.39 Å². The Bertz CT molecular complexity index is 546. The molecular formula is C13H13BrFN3. The number of rotatable bonds is 4. The van der Waals surface area contributed by atoms with E-state index in [1.807, 2.05) is 12.1 Å². The Hall–Kier alpha value is -1.49. The highest BCUT2D eigenvalue weighted by Gasteiger charge is 2.06. The summed E-state index contributed by atoms with van der Waals surface area (Å²) in [6, 6.07) is 5.31. The topological polar surface area (TPSA) is 37.8 Å². The number of halogens is 2. The van der Waals surface area contributed by atoms with Gasteiger partial charge in [0.05, 0.1) is 12.2 Å². The van der Waals surface area contributed by atoms with Crippen LogP contribution in [-0.4, -0.2) is 9.97 Å². The van der Waals surface area contributed by atoms with Crippen molar-refractivity contribution >= 4 is 21.7 Å². The van der Waals surface area contributed by atoms with Gasteiger partial charge < -0.3 is 5.32 Å². The molecule has 2 rings (SSSR count). The summed E-state index contributed by atoms with van der Waals surface area (Å²) in [5.74, 6) is -0.135. The highest BCUT2D eigenvalue weighted by atomic mass is 79.9. The molecule has 0 saturated heterocycles. The first kappa shape index (κ1) is 13.0. The van der Waals surface area contributed by atoms with Crippen LogP contribution in [0.5, 0.6) is 0 Å². The Kier molecular flexibility index (Phi) is 4.25. The van der Waals surface area contributed by atoms with Crippen molar-refractivity contribution in [3.8, 4) is 0 Å². The van der Waals surface area contributed by atoms with Gasteiger partial charge >= 0.3 is 0 Å². The maximum Gasteiger partial charge on any atom is 0.166 e. The van der Waals surface area contributed by atoms with Crippen molar-refractivity contribution in [3.63, 3.8) is 0 Å². The van der Waals surface area contributed by atoms with E-state index in [1.165, 1.54) is 6.07 Å². The number of pyridine rings is 2. The second-order valence-electron chi connectivity index (χ2n) is 3.80. The van der Waals surface area contributed by atoms with E-state index >= 15 is 0 Å². The highest BCUT2D eigenvalue weighted by Crippen LogP contribution is 2.17. The average molecular weight is 310 g/mol. The van der Waals surface area contributed by atoms with Crippen LogP contribution in [0.4, 0.5) is 10.2 Å². The molecule has 0 bridgehead atoms. The zero-order valence-electron chi connectivity index (χ0n) is 9.95. The monoisotopic (exact) mass is 309 g/mol. The predicted octanol–water partition coefficient (Wildman–Crippen LogP) is 3.55. The molecule has 0 aromatic carbocycles. The molecular weight excluding hydrogens is 297 g/mol. The highest BCUT2D eigenvalue weighted by molar-refractivity contribution is 9.10. The van der Waals surface area contributed by atoms with Crippen molar-refractivity contribution in [3.05, 3.63) is 52.1 Å². The molecule has 0 fully saturated rings. The van der Waals surface area contributed by atoms with Crippen LogP contribution < -0.4 is 5.32 Å². The minimum absolute atomic E-state index is 0.242. The molecule has 1 N–H and O–H groups in total. The first-order valence-corrected chi connectivity index (χ1v) is 6.47. The lowest BCUT2D eigenvalue weighted by Crippen LogP contribution is -2.07. The maximum absolute atomic E-state index is 13.6. The zero-order valence-corrected chi connectivity index (χ0v) is 11.5. The van der Waals surface area contributed by atoms with Crippen LogP contribution in [0, 0.1) is 5.82 Å². The molecule has 0 aliphatic heterocycles. The summed E-state index contributed by atoms with van der Waals surface area (Å²) in [6.45, 7) is 2.54. The first-order valence-electron chi connectivity index (χ1n) is 5.68. The van der Waals surface area contributed by atoms with Gasteiger partial charge in [-0.15, -0.1) is 0 Å². The molecule has 0 atom stereocenters. The van der Waals surface area contributed by atoms with Gasteiger partial charge in [0.1, 0.15) is 0 Å². The molecule has 3 nitrogen and oxygen atoms in total. The van der Waals surface area contributed by atoms with Crippen LogP contribution in [0.15, 0.2) is 35.1 Å². The lowest BCUT2D eigenvalue weighted by atomic mass is 10.1. The van der Waals surface area contributed by atoms with Crippen LogP contribution >= 0.6 is 15.9 Å². The fraction of sp³-hybridized carbons (Fsp3) is 0.231. The molecule has 94 valence electrons. The third-order valence-electron chi connectivity index (χ3n) is 2.60. The molecule has 2 heterocycles. The molecule has 0 aliphatic carbocycles. The van der Waals surface area contributed by atoms with Gasteiger partial charge in [0.25, 0.3) is 0 Å². The molecule has 0 saturated carbocycles. The van der Waals surface area contributed by atoms with Crippen LogP contribution in [0.25, 0.3) is 0 Å². The Labute approximate surface area is 114 Å². The molecule has 0 radical (unpaired) electrons. The summed E-state index contributed by atoms with van der Waals surface area (Å²) in [5, 5.41) is 2.96. The van der Waals surface area contributed by atoms with Gasteiger partial charge in [0.15, 0.2) is 11.6 Å². The largest absolute Gasteiger partial charge is 0.362 e. The number of nitrogens with one attached hydrogen (secondary N) is 1. The van der Waals surface area contributed by atoms with Crippen molar-refractivity contribution < 1.29 is 4.39 Å². The summed E-state index contributed by atoms with van der Waals surface area (Å²) in [7, 11) is 0. The molecule has 0 aliphatic rings. The van der Waals surface area contributed by atoms with Gasteiger partial charge in [-0.25, -0.2) is 9.37 Å². The minimum Gasteiger partial charge on any atom is -0.362 e. The fourth-order valence-electron chi connectivity index (χ4n) is 1.66. The second kappa shape index (κ2) is 5.91. The number of hydrogen-bond donors (Lipinski definition) is 1. The summed E-state index contributed by atoms with van der Waals surface area (Å²) in [5.41, 5.74) is 2.08. The number of anilines is 1. The lowest BCUT2D eigenvalue weighted by Gasteiger charge is -2.09. The van der Waals surface area contributed by atoms with E-state index in [0.29, 0.717) is 11.0 Å². The molecule has 2 aromatic heterocycles. The molecule has 2 aromatic rings. The molecule has 0 unspecified atom stereocenters. The first-order chi connectivity index (χ1) is 8.70. The second-order valence-corrected chi connectivity index (χ2v) is 4.72. The normalized spacial score (nSPS) is 10.4. The van der Waals surface area contributed by atoms with Crippen LogP contribution in [0.1, 0.15) is 18.2 Å². The molecule has 0 spiro atoms. The van der Waals surface area contributed by atoms with E-state index in [4.69, 9.17) is 0 Å². The smallest absolute Gasteiger partial charge is 0.166 e. The quantitative estimate of drug-likeness (QED) is 0.938. The summed E-state index contributed by atoms with van der Waals surface area (Å²) >= 11 is 3.17. The third kappa shape index (κ3) is 3.04. The van der Waals surface area contributed by atoms with Gasteiger partial charge in [-0.3, -0.25) is 4.98 Å². The third-order valence-corrected chi connectivity index (χ3v) is 3.03. The Morgan fingerprint density at radius 3 is 2.94 bits per heavy atom. The average Bonchev–Trinajstić information content (AvgIpc) is 2.38. The Balaban J connectivity index is 2.11. The van der Waals surface area contributed by atoms with Gasteiger partial charge in [-0.1, -0.05) is 13.0 Å². The number of aryl methyl sites for hydroxylation is 1. The minimum atomic E-state index is -0.377. The fourth-order valence-corrected chi connectivity index (χ4v) is 1.97. The van der Waals surface area contributed by atoms with Crippen LogP contribution in [0.2, 0.25) is 0 Å². The van der Waals surface area contributed by atoms with E-state index < -0.39 is 0 Å². The van der Waals surface area contributed by atoms with Crippen LogP contribution in [0.3, 0.4) is 0 Å². The number of aromatic nitrogens is 2. The molecule has 18 heavy (non-hydrogen) atoms. The summed E-state index contributed by atoms with van der Waals surface area (Å²) in [6.07, 6.45) is 4.20. The SMILES string of the molecule is CCc1cccnc1CNc1ncc(Br)cc1F.